The average Bonchev–Trinajstić information content (AvgIpc) is 2.99. The lowest BCUT2D eigenvalue weighted by atomic mass is 9.79. The van der Waals surface area contributed by atoms with E-state index in [1.54, 1.807) is 0 Å². The molecule has 0 amide bonds. The van der Waals surface area contributed by atoms with E-state index in [2.05, 4.69) is 16.0 Å². The van der Waals surface area contributed by atoms with Crippen LogP contribution in [0, 0.1) is 0 Å². The Hall–Kier alpha value is -1.01. The number of pyridine rings is 1. The number of rotatable bonds is 8. The summed E-state index contributed by atoms with van der Waals surface area (Å²) in [6.45, 7) is 2.75. The minimum atomic E-state index is 0.00732. The number of aliphatic hydroxyl groups is 1. The quantitative estimate of drug-likeness (QED) is 0.788. The summed E-state index contributed by atoms with van der Waals surface area (Å²) < 4.78 is 11.8. The van der Waals surface area contributed by atoms with Crippen molar-refractivity contribution in [3.8, 4) is 0 Å². The third-order valence-electron chi connectivity index (χ3n) is 5.73. The minimum Gasteiger partial charge on any atom is -0.394 e. The van der Waals surface area contributed by atoms with Gasteiger partial charge < -0.3 is 14.6 Å². The van der Waals surface area contributed by atoms with Gasteiger partial charge in [-0.2, -0.15) is 0 Å². The third-order valence-corrected chi connectivity index (χ3v) is 5.73. The van der Waals surface area contributed by atoms with E-state index < -0.39 is 0 Å². The van der Waals surface area contributed by atoms with E-state index in [-0.39, 0.29) is 18.3 Å². The van der Waals surface area contributed by atoms with Gasteiger partial charge in [0.2, 0.25) is 0 Å². The van der Waals surface area contributed by atoms with Gasteiger partial charge in [0.25, 0.3) is 0 Å². The molecule has 1 aliphatic carbocycles. The van der Waals surface area contributed by atoms with E-state index in [0.717, 1.165) is 51.6 Å². The van der Waals surface area contributed by atoms with Crippen LogP contribution < -0.4 is 0 Å². The number of hydrogen-bond acceptors (Lipinski definition) is 5. The lowest BCUT2D eigenvalue weighted by Gasteiger charge is -2.43. The Kier molecular flexibility index (Phi) is 6.22. The van der Waals surface area contributed by atoms with E-state index >= 15 is 0 Å². The summed E-state index contributed by atoms with van der Waals surface area (Å²) in [5.41, 5.74) is 1.32. The van der Waals surface area contributed by atoms with Crippen LogP contribution in [0.1, 0.15) is 37.7 Å². The summed E-state index contributed by atoms with van der Waals surface area (Å²) in [6.07, 6.45) is 10.5. The van der Waals surface area contributed by atoms with Crippen LogP contribution in [0.5, 0.6) is 0 Å². The fraction of sp³-hybridized carbons (Fsp3) is 0.737. The highest BCUT2D eigenvalue weighted by Crippen LogP contribution is 2.43. The molecule has 5 nitrogen and oxygen atoms in total. The Morgan fingerprint density at radius 2 is 2.33 bits per heavy atom. The Labute approximate surface area is 145 Å². The van der Waals surface area contributed by atoms with Crippen molar-refractivity contribution in [3.63, 3.8) is 0 Å². The average molecular weight is 334 g/mol. The summed E-state index contributed by atoms with van der Waals surface area (Å²) in [5.74, 6) is 0. The molecule has 3 atom stereocenters. The van der Waals surface area contributed by atoms with Gasteiger partial charge in [0.15, 0.2) is 0 Å². The first-order valence-corrected chi connectivity index (χ1v) is 9.18. The molecular weight excluding hydrogens is 304 g/mol. The molecule has 0 aromatic carbocycles. The highest BCUT2D eigenvalue weighted by atomic mass is 16.5. The maximum Gasteiger partial charge on any atom is 0.0847 e. The van der Waals surface area contributed by atoms with Gasteiger partial charge >= 0.3 is 0 Å². The van der Waals surface area contributed by atoms with Crippen molar-refractivity contribution >= 4 is 0 Å². The molecule has 0 bridgehead atoms. The fourth-order valence-corrected chi connectivity index (χ4v) is 4.43. The first-order valence-electron chi connectivity index (χ1n) is 9.18. The molecule has 1 saturated carbocycles. The number of aryl methyl sites for hydroxylation is 1. The third kappa shape index (κ3) is 3.97. The molecule has 0 spiro atoms. The predicted octanol–water partition coefficient (Wildman–Crippen LogP) is 2.04. The zero-order valence-corrected chi connectivity index (χ0v) is 14.7. The minimum absolute atomic E-state index is 0.00732. The molecule has 2 heterocycles. The van der Waals surface area contributed by atoms with Gasteiger partial charge in [-0.3, -0.25) is 9.88 Å². The fourth-order valence-electron chi connectivity index (χ4n) is 4.43. The number of hydrogen-bond donors (Lipinski definition) is 1. The lowest BCUT2D eigenvalue weighted by molar-refractivity contribution is -0.103. The summed E-state index contributed by atoms with van der Waals surface area (Å²) in [4.78, 5) is 6.78. The number of fused-ring (bicyclic) bond motifs is 1. The van der Waals surface area contributed by atoms with Crippen LogP contribution in [0.3, 0.4) is 0 Å². The number of aliphatic hydroxyl groups excluding tert-OH is 1. The second-order valence-electron chi connectivity index (χ2n) is 7.03. The molecule has 1 aromatic heterocycles. The normalized spacial score (nSPS) is 30.4. The van der Waals surface area contributed by atoms with Crippen LogP contribution in [0.15, 0.2) is 24.5 Å². The molecule has 5 heteroatoms. The van der Waals surface area contributed by atoms with Crippen molar-refractivity contribution in [2.45, 2.75) is 56.3 Å². The molecule has 2 unspecified atom stereocenters. The Morgan fingerprint density at radius 1 is 1.42 bits per heavy atom. The van der Waals surface area contributed by atoms with E-state index in [9.17, 15) is 0 Å². The molecule has 2 aliphatic rings. The van der Waals surface area contributed by atoms with E-state index in [4.69, 9.17) is 14.6 Å². The topological polar surface area (TPSA) is 54.8 Å². The number of likely N-dealkylation sites (tertiary alicyclic amines) is 1. The number of aromatic nitrogens is 1. The predicted molar refractivity (Wildman–Crippen MR) is 93.0 cm³/mol. The van der Waals surface area contributed by atoms with Crippen LogP contribution in [-0.4, -0.2) is 66.2 Å². The zero-order valence-electron chi connectivity index (χ0n) is 14.7. The van der Waals surface area contributed by atoms with Gasteiger partial charge in [-0.05, 0) is 56.7 Å². The van der Waals surface area contributed by atoms with Gasteiger partial charge in [-0.15, -0.1) is 0 Å². The van der Waals surface area contributed by atoms with Gasteiger partial charge in [-0.1, -0.05) is 6.07 Å². The Bertz CT molecular complexity index is 499. The summed E-state index contributed by atoms with van der Waals surface area (Å²) in [5, 5.41) is 8.99. The van der Waals surface area contributed by atoms with Gasteiger partial charge in [-0.25, -0.2) is 0 Å². The van der Waals surface area contributed by atoms with Crippen molar-refractivity contribution in [3.05, 3.63) is 30.1 Å². The van der Waals surface area contributed by atoms with Gasteiger partial charge in [0.05, 0.1) is 24.9 Å². The molecule has 1 aliphatic heterocycles. The highest BCUT2D eigenvalue weighted by Gasteiger charge is 2.50. The summed E-state index contributed by atoms with van der Waals surface area (Å²) in [7, 11) is 1.86. The van der Waals surface area contributed by atoms with Crippen LogP contribution in [0.2, 0.25) is 0 Å². The van der Waals surface area contributed by atoms with E-state index in [1.807, 2.05) is 25.6 Å². The second-order valence-corrected chi connectivity index (χ2v) is 7.03. The second kappa shape index (κ2) is 8.39. The Morgan fingerprint density at radius 3 is 3.08 bits per heavy atom. The van der Waals surface area contributed by atoms with Crippen molar-refractivity contribution in [2.75, 3.05) is 33.4 Å². The first kappa shape index (κ1) is 17.8. The highest BCUT2D eigenvalue weighted by molar-refractivity contribution is 5.09. The van der Waals surface area contributed by atoms with E-state index in [1.165, 1.54) is 5.56 Å². The van der Waals surface area contributed by atoms with Crippen molar-refractivity contribution in [1.82, 2.24) is 9.88 Å². The van der Waals surface area contributed by atoms with Crippen LogP contribution in [0.4, 0.5) is 0 Å². The standard InChI is InChI=1S/C19H30N2O3/c1-23-19-7-6-17(24-13-12-22)14-18(19)21(11-8-19)10-3-5-16-4-2-9-20-15-16/h2,4,9,15,17-18,22H,3,5-8,10-14H2,1H3/t17?,18?,19-/m1/s1. The summed E-state index contributed by atoms with van der Waals surface area (Å²) in [6, 6.07) is 4.59. The molecule has 3 rings (SSSR count). The lowest BCUT2D eigenvalue weighted by Crippen LogP contribution is -2.52. The maximum absolute atomic E-state index is 8.99. The number of nitrogens with zero attached hydrogens (tertiary/aromatic N) is 2. The van der Waals surface area contributed by atoms with Crippen molar-refractivity contribution in [1.29, 1.82) is 0 Å². The molecular formula is C19H30N2O3. The van der Waals surface area contributed by atoms with Crippen LogP contribution in [0.25, 0.3) is 0 Å². The summed E-state index contributed by atoms with van der Waals surface area (Å²) >= 11 is 0. The monoisotopic (exact) mass is 334 g/mol. The molecule has 1 N–H and O–H groups in total. The molecule has 2 fully saturated rings. The molecule has 1 saturated heterocycles. The first-order chi connectivity index (χ1) is 11.8. The largest absolute Gasteiger partial charge is 0.394 e. The number of ether oxygens (including phenoxy) is 2. The molecule has 1 aromatic rings. The van der Waals surface area contributed by atoms with Crippen molar-refractivity contribution in [2.24, 2.45) is 0 Å². The molecule has 134 valence electrons. The maximum atomic E-state index is 8.99. The van der Waals surface area contributed by atoms with Gasteiger partial charge in [0.1, 0.15) is 0 Å². The SMILES string of the molecule is CO[C@@]12CCC(OCCO)CC1N(CCCc1cccnc1)CC2. The zero-order chi connectivity index (χ0) is 16.8. The number of methoxy groups -OCH3 is 1. The van der Waals surface area contributed by atoms with Crippen LogP contribution >= 0.6 is 0 Å². The molecule has 24 heavy (non-hydrogen) atoms. The van der Waals surface area contributed by atoms with Crippen LogP contribution in [-0.2, 0) is 15.9 Å². The van der Waals surface area contributed by atoms with Gasteiger partial charge in [0, 0.05) is 32.1 Å². The van der Waals surface area contributed by atoms with E-state index in [0.29, 0.717) is 12.6 Å². The smallest absolute Gasteiger partial charge is 0.0847 e. The van der Waals surface area contributed by atoms with Crippen molar-refractivity contribution < 1.29 is 14.6 Å². The Balaban J connectivity index is 1.55. The molecule has 0 radical (unpaired) electrons.